The molecule has 1 saturated heterocycles. The van der Waals surface area contributed by atoms with E-state index in [1.807, 2.05) is 18.5 Å². The van der Waals surface area contributed by atoms with Crippen LogP contribution >= 0.6 is 0 Å². The van der Waals surface area contributed by atoms with Crippen LogP contribution in [0.5, 0.6) is 0 Å². The van der Waals surface area contributed by atoms with Gasteiger partial charge in [-0.15, -0.1) is 0 Å². The first-order chi connectivity index (χ1) is 10.2. The molecule has 1 aromatic rings. The molecule has 116 valence electrons. The smallest absolute Gasteiger partial charge is 0.142 e. The standard InChI is InChI=1S/C17H28N4/c1-14(2)15-11-20-17(7-4-3-5-8-17)13-21(15)12-16-18-9-6-10-19-16/h6,9-10,14-15,20H,3-5,7-8,11-13H2,1-2H3. The highest BCUT2D eigenvalue weighted by Crippen LogP contribution is 2.33. The van der Waals surface area contributed by atoms with Crippen LogP contribution in [0.3, 0.4) is 0 Å². The zero-order chi connectivity index (χ0) is 14.7. The fourth-order valence-electron chi connectivity index (χ4n) is 4.00. The highest BCUT2D eigenvalue weighted by atomic mass is 15.3. The van der Waals surface area contributed by atoms with Crippen molar-refractivity contribution in [2.75, 3.05) is 13.1 Å². The molecule has 3 rings (SSSR count). The molecule has 21 heavy (non-hydrogen) atoms. The fourth-order valence-corrected chi connectivity index (χ4v) is 4.00. The molecule has 2 fully saturated rings. The minimum Gasteiger partial charge on any atom is -0.308 e. The Bertz CT molecular complexity index is 439. The molecule has 1 aliphatic carbocycles. The van der Waals surface area contributed by atoms with Crippen LogP contribution in [-0.4, -0.2) is 39.5 Å². The molecule has 1 atom stereocenters. The van der Waals surface area contributed by atoms with Crippen LogP contribution in [0, 0.1) is 5.92 Å². The highest BCUT2D eigenvalue weighted by molar-refractivity contribution is 5.01. The predicted octanol–water partition coefficient (Wildman–Crippen LogP) is 2.61. The third kappa shape index (κ3) is 3.43. The summed E-state index contributed by atoms with van der Waals surface area (Å²) in [5.41, 5.74) is 0.346. The SMILES string of the molecule is CC(C)C1CNC2(CCCCC2)CN1Cc1ncccn1. The van der Waals surface area contributed by atoms with Crippen molar-refractivity contribution in [2.24, 2.45) is 5.92 Å². The van der Waals surface area contributed by atoms with Crippen molar-refractivity contribution in [1.29, 1.82) is 0 Å². The summed E-state index contributed by atoms with van der Waals surface area (Å²) in [6.45, 7) is 7.78. The first-order valence-corrected chi connectivity index (χ1v) is 8.43. The molecule has 1 spiro atoms. The van der Waals surface area contributed by atoms with Crippen LogP contribution in [0.4, 0.5) is 0 Å². The van der Waals surface area contributed by atoms with E-state index >= 15 is 0 Å². The largest absolute Gasteiger partial charge is 0.308 e. The number of nitrogens with zero attached hydrogens (tertiary/aromatic N) is 3. The van der Waals surface area contributed by atoms with E-state index in [1.165, 1.54) is 32.1 Å². The Morgan fingerprint density at radius 1 is 1.24 bits per heavy atom. The Kier molecular flexibility index (Phi) is 4.55. The lowest BCUT2D eigenvalue weighted by atomic mass is 9.78. The van der Waals surface area contributed by atoms with Gasteiger partial charge in [0.2, 0.25) is 0 Å². The maximum Gasteiger partial charge on any atom is 0.142 e. The van der Waals surface area contributed by atoms with Crippen molar-refractivity contribution in [3.05, 3.63) is 24.3 Å². The number of piperazine rings is 1. The van der Waals surface area contributed by atoms with Crippen LogP contribution in [0.1, 0.15) is 51.8 Å². The number of nitrogens with one attached hydrogen (secondary N) is 1. The molecule has 1 N–H and O–H groups in total. The molecular weight excluding hydrogens is 260 g/mol. The Hall–Kier alpha value is -1.00. The van der Waals surface area contributed by atoms with Crippen molar-refractivity contribution in [1.82, 2.24) is 20.2 Å². The van der Waals surface area contributed by atoms with Crippen molar-refractivity contribution < 1.29 is 0 Å². The predicted molar refractivity (Wildman–Crippen MR) is 84.9 cm³/mol. The minimum atomic E-state index is 0.346. The van der Waals surface area contributed by atoms with Crippen LogP contribution in [0.15, 0.2) is 18.5 Å². The second-order valence-electron chi connectivity index (χ2n) is 7.10. The van der Waals surface area contributed by atoms with Gasteiger partial charge in [0.25, 0.3) is 0 Å². The van der Waals surface area contributed by atoms with Gasteiger partial charge in [-0.25, -0.2) is 9.97 Å². The van der Waals surface area contributed by atoms with Gasteiger partial charge in [-0.1, -0.05) is 33.1 Å². The summed E-state index contributed by atoms with van der Waals surface area (Å²) in [5.74, 6) is 1.61. The fraction of sp³-hybridized carbons (Fsp3) is 0.765. The lowest BCUT2D eigenvalue weighted by Crippen LogP contribution is -2.65. The maximum absolute atomic E-state index is 4.43. The average molecular weight is 288 g/mol. The van der Waals surface area contributed by atoms with Gasteiger partial charge in [0, 0.05) is 37.1 Å². The zero-order valence-corrected chi connectivity index (χ0v) is 13.4. The average Bonchev–Trinajstić information content (AvgIpc) is 2.49. The highest BCUT2D eigenvalue weighted by Gasteiger charge is 2.40. The number of hydrogen-bond acceptors (Lipinski definition) is 4. The van der Waals surface area contributed by atoms with Crippen molar-refractivity contribution in [3.8, 4) is 0 Å². The van der Waals surface area contributed by atoms with E-state index in [0.29, 0.717) is 17.5 Å². The van der Waals surface area contributed by atoms with Crippen LogP contribution in [0.2, 0.25) is 0 Å². The summed E-state index contributed by atoms with van der Waals surface area (Å²) in [6.07, 6.45) is 10.5. The molecule has 4 heteroatoms. The minimum absolute atomic E-state index is 0.346. The monoisotopic (exact) mass is 288 g/mol. The summed E-state index contributed by atoms with van der Waals surface area (Å²) in [7, 11) is 0. The summed E-state index contributed by atoms with van der Waals surface area (Å²) in [6, 6.07) is 2.48. The molecule has 0 amide bonds. The second-order valence-corrected chi connectivity index (χ2v) is 7.10. The Morgan fingerprint density at radius 2 is 1.95 bits per heavy atom. The zero-order valence-electron chi connectivity index (χ0n) is 13.4. The van der Waals surface area contributed by atoms with Gasteiger partial charge in [-0.3, -0.25) is 4.90 Å². The number of rotatable bonds is 3. The summed E-state index contributed by atoms with van der Waals surface area (Å²) in [4.78, 5) is 11.5. The molecular formula is C17H28N4. The molecule has 2 heterocycles. The van der Waals surface area contributed by atoms with Crippen LogP contribution in [-0.2, 0) is 6.54 Å². The summed E-state index contributed by atoms with van der Waals surface area (Å²) < 4.78 is 0. The third-order valence-corrected chi connectivity index (χ3v) is 5.20. The van der Waals surface area contributed by atoms with E-state index in [2.05, 4.69) is 34.0 Å². The second kappa shape index (κ2) is 6.41. The van der Waals surface area contributed by atoms with Gasteiger partial charge >= 0.3 is 0 Å². The molecule has 0 bridgehead atoms. The van der Waals surface area contributed by atoms with E-state index < -0.39 is 0 Å². The van der Waals surface area contributed by atoms with Gasteiger partial charge < -0.3 is 5.32 Å². The molecule has 4 nitrogen and oxygen atoms in total. The third-order valence-electron chi connectivity index (χ3n) is 5.20. The van der Waals surface area contributed by atoms with E-state index in [-0.39, 0.29) is 0 Å². The lowest BCUT2D eigenvalue weighted by molar-refractivity contribution is 0.0292. The Balaban J connectivity index is 1.75. The van der Waals surface area contributed by atoms with E-state index in [1.54, 1.807) is 0 Å². The van der Waals surface area contributed by atoms with Crippen LogP contribution < -0.4 is 5.32 Å². The van der Waals surface area contributed by atoms with Crippen molar-refractivity contribution in [2.45, 2.75) is 64.1 Å². The Labute approximate surface area is 128 Å². The number of hydrogen-bond donors (Lipinski definition) is 1. The molecule has 0 radical (unpaired) electrons. The maximum atomic E-state index is 4.43. The first-order valence-electron chi connectivity index (χ1n) is 8.43. The summed E-state index contributed by atoms with van der Waals surface area (Å²) in [5, 5.41) is 3.90. The van der Waals surface area contributed by atoms with E-state index in [0.717, 1.165) is 25.5 Å². The molecule has 1 aromatic heterocycles. The number of aromatic nitrogens is 2. The van der Waals surface area contributed by atoms with Gasteiger partial charge in [-0.2, -0.15) is 0 Å². The van der Waals surface area contributed by atoms with Crippen LogP contribution in [0.25, 0.3) is 0 Å². The molecule has 1 saturated carbocycles. The Morgan fingerprint density at radius 3 is 2.62 bits per heavy atom. The van der Waals surface area contributed by atoms with Gasteiger partial charge in [0.1, 0.15) is 5.82 Å². The normalized spacial score (nSPS) is 26.3. The van der Waals surface area contributed by atoms with Gasteiger partial charge in [0.05, 0.1) is 6.54 Å². The van der Waals surface area contributed by atoms with Gasteiger partial charge in [0.15, 0.2) is 0 Å². The quantitative estimate of drug-likeness (QED) is 0.928. The van der Waals surface area contributed by atoms with Crippen molar-refractivity contribution >= 4 is 0 Å². The molecule has 2 aliphatic rings. The van der Waals surface area contributed by atoms with E-state index in [4.69, 9.17) is 0 Å². The van der Waals surface area contributed by atoms with Crippen molar-refractivity contribution in [3.63, 3.8) is 0 Å². The first kappa shape index (κ1) is 14.9. The topological polar surface area (TPSA) is 41.0 Å². The van der Waals surface area contributed by atoms with E-state index in [9.17, 15) is 0 Å². The molecule has 1 aliphatic heterocycles. The summed E-state index contributed by atoms with van der Waals surface area (Å²) >= 11 is 0. The lowest BCUT2D eigenvalue weighted by Gasteiger charge is -2.50. The molecule has 1 unspecified atom stereocenters. The van der Waals surface area contributed by atoms with Gasteiger partial charge in [-0.05, 0) is 24.8 Å². The molecule has 0 aromatic carbocycles.